The zero-order chi connectivity index (χ0) is 25.1. The van der Waals surface area contributed by atoms with Gasteiger partial charge in [-0.05, 0) is 58.8 Å². The molecule has 0 saturated carbocycles. The molecule has 0 atom stereocenters. The van der Waals surface area contributed by atoms with Crippen LogP contribution in [0.25, 0.3) is 22.5 Å². The van der Waals surface area contributed by atoms with Crippen LogP contribution < -0.4 is 4.90 Å². The van der Waals surface area contributed by atoms with Crippen molar-refractivity contribution < 1.29 is 26.2 Å². The predicted octanol–water partition coefficient (Wildman–Crippen LogP) is 8.08. The largest absolute Gasteiger partial charge is 0.507 e. The van der Waals surface area contributed by atoms with Crippen molar-refractivity contribution in [3.05, 3.63) is 121 Å². The normalized spacial score (nSPS) is 11.0. The quantitative estimate of drug-likeness (QED) is 0.193. The third-order valence-electron chi connectivity index (χ3n) is 6.06. The molecule has 5 aromatic rings. The minimum atomic E-state index is -0.174. The van der Waals surface area contributed by atoms with Gasteiger partial charge < -0.3 is 10.0 Å². The van der Waals surface area contributed by atoms with Crippen molar-refractivity contribution in [1.82, 2.24) is 9.97 Å². The summed E-state index contributed by atoms with van der Waals surface area (Å²) in [4.78, 5) is 11.6. The van der Waals surface area contributed by atoms with E-state index in [0.29, 0.717) is 0 Å². The van der Waals surface area contributed by atoms with Crippen LogP contribution in [0.4, 0.5) is 17.2 Å². The summed E-state index contributed by atoms with van der Waals surface area (Å²) in [5.41, 5.74) is 5.67. The summed E-state index contributed by atoms with van der Waals surface area (Å²) >= 11 is 0. The molecule has 4 nitrogen and oxygen atoms in total. The molecule has 37 heavy (non-hydrogen) atoms. The SMILES string of the molecule is CC(C)(C)c1cccc(-c2cccc(-c3[c-]c(N(c4ccccc4)c4ccccn4)ccc3)n2)c1O.[Pt]. The maximum atomic E-state index is 11.0. The second-order valence-corrected chi connectivity index (χ2v) is 9.67. The summed E-state index contributed by atoms with van der Waals surface area (Å²) < 4.78 is 0. The van der Waals surface area contributed by atoms with Crippen molar-refractivity contribution in [2.75, 3.05) is 4.90 Å². The van der Waals surface area contributed by atoms with E-state index >= 15 is 0 Å². The summed E-state index contributed by atoms with van der Waals surface area (Å²) in [7, 11) is 0. The van der Waals surface area contributed by atoms with E-state index in [1.807, 2.05) is 91.0 Å². The van der Waals surface area contributed by atoms with E-state index in [9.17, 15) is 5.11 Å². The van der Waals surface area contributed by atoms with Gasteiger partial charge in [0.25, 0.3) is 0 Å². The third-order valence-corrected chi connectivity index (χ3v) is 6.06. The molecule has 1 N–H and O–H groups in total. The Morgan fingerprint density at radius 3 is 2.16 bits per heavy atom. The van der Waals surface area contributed by atoms with Gasteiger partial charge in [0.15, 0.2) is 0 Å². The summed E-state index contributed by atoms with van der Waals surface area (Å²) in [6, 6.07) is 37.3. The average Bonchev–Trinajstić information content (AvgIpc) is 2.90. The maximum absolute atomic E-state index is 11.0. The molecule has 0 unspecified atom stereocenters. The Labute approximate surface area is 233 Å². The average molecular weight is 666 g/mol. The van der Waals surface area contributed by atoms with Gasteiger partial charge in [0.05, 0.1) is 5.69 Å². The number of aromatic hydroxyl groups is 1. The molecule has 0 radical (unpaired) electrons. The molecule has 5 heteroatoms. The number of rotatable bonds is 5. The molecule has 188 valence electrons. The Morgan fingerprint density at radius 1 is 0.730 bits per heavy atom. The zero-order valence-corrected chi connectivity index (χ0v) is 23.3. The second-order valence-electron chi connectivity index (χ2n) is 9.67. The number of anilines is 3. The molecule has 0 aliphatic carbocycles. The summed E-state index contributed by atoms with van der Waals surface area (Å²) in [6.07, 6.45) is 1.79. The van der Waals surface area contributed by atoms with Crippen LogP contribution in [0.2, 0.25) is 0 Å². The van der Waals surface area contributed by atoms with E-state index in [-0.39, 0.29) is 32.2 Å². The van der Waals surface area contributed by atoms with E-state index in [2.05, 4.69) is 48.9 Å². The van der Waals surface area contributed by atoms with E-state index in [1.54, 1.807) is 6.20 Å². The number of phenolic OH excluding ortho intramolecular Hbond substituents is 1. The molecule has 5 rings (SSSR count). The minimum Gasteiger partial charge on any atom is -0.507 e. The molecular formula is C32H28N3OPt-. The minimum absolute atomic E-state index is 0. The zero-order valence-electron chi connectivity index (χ0n) is 21.0. The van der Waals surface area contributed by atoms with Gasteiger partial charge in [-0.25, -0.2) is 4.98 Å². The summed E-state index contributed by atoms with van der Waals surface area (Å²) in [5.74, 6) is 1.08. The van der Waals surface area contributed by atoms with Crippen LogP contribution in [0.5, 0.6) is 5.75 Å². The van der Waals surface area contributed by atoms with Crippen LogP contribution in [0.3, 0.4) is 0 Å². The van der Waals surface area contributed by atoms with Crippen LogP contribution in [0.15, 0.2) is 109 Å². The smallest absolute Gasteiger partial charge is 0.136 e. The topological polar surface area (TPSA) is 49.2 Å². The molecule has 3 aromatic carbocycles. The van der Waals surface area contributed by atoms with E-state index in [1.165, 1.54) is 0 Å². The number of pyridine rings is 2. The van der Waals surface area contributed by atoms with E-state index in [0.717, 1.165) is 45.3 Å². The molecule has 0 amide bonds. The number of phenols is 1. The van der Waals surface area contributed by atoms with Crippen molar-refractivity contribution in [3.63, 3.8) is 0 Å². The van der Waals surface area contributed by atoms with Gasteiger partial charge in [-0.1, -0.05) is 69.3 Å². The Balaban J connectivity index is 0.00000320. The summed E-state index contributed by atoms with van der Waals surface area (Å²) in [6.45, 7) is 6.28. The van der Waals surface area contributed by atoms with E-state index in [4.69, 9.17) is 4.98 Å². The van der Waals surface area contributed by atoms with Gasteiger partial charge in [-0.2, -0.15) is 0 Å². The molecule has 0 aliphatic heterocycles. The van der Waals surface area contributed by atoms with Gasteiger partial charge in [-0.3, -0.25) is 4.98 Å². The molecule has 2 aromatic heterocycles. The van der Waals surface area contributed by atoms with Crippen molar-refractivity contribution in [2.45, 2.75) is 26.2 Å². The van der Waals surface area contributed by atoms with Crippen LogP contribution in [-0.2, 0) is 26.5 Å². The van der Waals surface area contributed by atoms with E-state index < -0.39 is 0 Å². The first kappa shape index (κ1) is 26.3. The third kappa shape index (κ3) is 5.65. The Hall–Kier alpha value is -3.75. The Kier molecular flexibility index (Phi) is 7.90. The van der Waals surface area contributed by atoms with Gasteiger partial charge in [0.2, 0.25) is 0 Å². The Bertz CT molecular complexity index is 1440. The van der Waals surface area contributed by atoms with Crippen LogP contribution >= 0.6 is 0 Å². The number of hydrogen-bond donors (Lipinski definition) is 1. The number of benzene rings is 3. The van der Waals surface area contributed by atoms with Gasteiger partial charge in [-0.15, -0.1) is 29.8 Å². The fraction of sp³-hybridized carbons (Fsp3) is 0.125. The molecular weight excluding hydrogens is 637 g/mol. The fourth-order valence-electron chi connectivity index (χ4n) is 4.28. The molecule has 2 heterocycles. The molecule has 0 fully saturated rings. The molecule has 0 aliphatic rings. The summed E-state index contributed by atoms with van der Waals surface area (Å²) in [5, 5.41) is 11.0. The molecule has 0 spiro atoms. The monoisotopic (exact) mass is 665 g/mol. The standard InChI is InChI=1S/C32H28N3O.Pt/c1-32(2,3)27-17-10-16-26(31(27)36)29-19-11-18-28(34-29)23-12-9-15-25(22-23)35(24-13-5-4-6-14-24)30-20-7-8-21-33-30;/h4-21,36H,1-3H3;/q-1;. The second kappa shape index (κ2) is 11.1. The van der Waals surface area contributed by atoms with Crippen LogP contribution in [-0.4, -0.2) is 15.1 Å². The first-order valence-electron chi connectivity index (χ1n) is 12.0. The van der Waals surface area contributed by atoms with Crippen molar-refractivity contribution in [3.8, 4) is 28.3 Å². The number of para-hydroxylation sites is 2. The van der Waals surface area contributed by atoms with Gasteiger partial charge >= 0.3 is 0 Å². The van der Waals surface area contributed by atoms with Gasteiger partial charge in [0.1, 0.15) is 11.6 Å². The van der Waals surface area contributed by atoms with Crippen LogP contribution in [0, 0.1) is 6.07 Å². The fourth-order valence-corrected chi connectivity index (χ4v) is 4.28. The molecule has 0 saturated heterocycles. The number of aromatic nitrogens is 2. The van der Waals surface area contributed by atoms with Crippen molar-refractivity contribution in [2.24, 2.45) is 0 Å². The maximum Gasteiger partial charge on any atom is 0.136 e. The first-order chi connectivity index (χ1) is 17.4. The first-order valence-corrected chi connectivity index (χ1v) is 12.0. The van der Waals surface area contributed by atoms with Crippen molar-refractivity contribution >= 4 is 17.2 Å². The molecule has 0 bridgehead atoms. The number of nitrogens with zero attached hydrogens (tertiary/aromatic N) is 3. The Morgan fingerprint density at radius 2 is 1.43 bits per heavy atom. The van der Waals surface area contributed by atoms with Crippen molar-refractivity contribution in [1.29, 1.82) is 0 Å². The van der Waals surface area contributed by atoms with Crippen LogP contribution in [0.1, 0.15) is 26.3 Å². The number of hydrogen-bond acceptors (Lipinski definition) is 4. The predicted molar refractivity (Wildman–Crippen MR) is 147 cm³/mol. The van der Waals surface area contributed by atoms with Gasteiger partial charge in [0, 0.05) is 38.5 Å².